The number of nitrogens with zero attached hydrogens (tertiary/aromatic N) is 4. The number of rotatable bonds is 2. The molecule has 0 radical (unpaired) electrons. The lowest BCUT2D eigenvalue weighted by Gasteiger charge is -2.03. The van der Waals surface area contributed by atoms with Crippen molar-refractivity contribution in [1.82, 2.24) is 15.5 Å². The largest absolute Gasteiger partial charge is 0.423 e. The second-order valence-corrected chi connectivity index (χ2v) is 3.91. The van der Waals surface area contributed by atoms with E-state index in [0.717, 1.165) is 5.56 Å². The predicted octanol–water partition coefficient (Wildman–Crippen LogP) is 2.16. The van der Waals surface area contributed by atoms with Crippen LogP contribution in [-0.4, -0.2) is 21.6 Å². The van der Waals surface area contributed by atoms with E-state index in [0.29, 0.717) is 16.7 Å². The summed E-state index contributed by atoms with van der Waals surface area (Å²) in [6.45, 7) is 0. The number of aliphatic imine (C=N–C) groups is 1. The van der Waals surface area contributed by atoms with Crippen molar-refractivity contribution >= 4 is 22.6 Å². The lowest BCUT2D eigenvalue weighted by atomic mass is 10.2. The average molecular weight is 259 g/mol. The van der Waals surface area contributed by atoms with Crippen molar-refractivity contribution in [2.24, 2.45) is 4.99 Å². The number of nitriles is 1. The number of nitrogens with one attached hydrogen (secondary N) is 1. The van der Waals surface area contributed by atoms with Crippen LogP contribution in [0, 0.1) is 11.5 Å². The molecule has 0 saturated carbocycles. The summed E-state index contributed by atoms with van der Waals surface area (Å²) in [5, 5.41) is 19.1. The number of thioether (sulfide) groups is 1. The standard InChI is InChI=1S/C11H9N5OS/c1-18-11(13-6-12)15-9-5-3-2-4-8(9)10-16-14-7-17-10/h2-5,7H,1H3,(H,13,15). The summed E-state index contributed by atoms with van der Waals surface area (Å²) in [6, 6.07) is 7.35. The Morgan fingerprint density at radius 2 is 2.33 bits per heavy atom. The molecule has 0 spiro atoms. The molecule has 18 heavy (non-hydrogen) atoms. The number of aromatic nitrogens is 2. The third kappa shape index (κ3) is 2.67. The van der Waals surface area contributed by atoms with Crippen LogP contribution < -0.4 is 5.32 Å². The lowest BCUT2D eigenvalue weighted by Crippen LogP contribution is -2.12. The Hall–Kier alpha value is -2.33. The minimum Gasteiger partial charge on any atom is -0.423 e. The summed E-state index contributed by atoms with van der Waals surface area (Å²) >= 11 is 1.35. The number of hydrogen-bond donors (Lipinski definition) is 1. The van der Waals surface area contributed by atoms with E-state index in [2.05, 4.69) is 20.5 Å². The van der Waals surface area contributed by atoms with Gasteiger partial charge in [-0.1, -0.05) is 23.9 Å². The first-order valence-electron chi connectivity index (χ1n) is 4.98. The van der Waals surface area contributed by atoms with Gasteiger partial charge in [-0.3, -0.25) is 5.32 Å². The Morgan fingerprint density at radius 3 is 3.00 bits per heavy atom. The minimum absolute atomic E-state index is 0.395. The van der Waals surface area contributed by atoms with Crippen LogP contribution in [0.2, 0.25) is 0 Å². The van der Waals surface area contributed by atoms with Crippen LogP contribution in [-0.2, 0) is 0 Å². The van der Waals surface area contributed by atoms with Crippen molar-refractivity contribution < 1.29 is 4.42 Å². The molecule has 0 fully saturated rings. The Kier molecular flexibility index (Phi) is 3.94. The first kappa shape index (κ1) is 12.1. The van der Waals surface area contributed by atoms with Gasteiger partial charge in [-0.2, -0.15) is 5.26 Å². The molecule has 1 aromatic carbocycles. The van der Waals surface area contributed by atoms with E-state index in [1.807, 2.05) is 36.7 Å². The Bertz CT molecular complexity index is 588. The second-order valence-electron chi connectivity index (χ2n) is 3.12. The van der Waals surface area contributed by atoms with Crippen molar-refractivity contribution in [1.29, 1.82) is 5.26 Å². The van der Waals surface area contributed by atoms with E-state index in [1.165, 1.54) is 18.2 Å². The fourth-order valence-electron chi connectivity index (χ4n) is 1.32. The number of benzene rings is 1. The molecule has 1 N–H and O–H groups in total. The summed E-state index contributed by atoms with van der Waals surface area (Å²) in [5.41, 5.74) is 1.38. The molecule has 0 aliphatic carbocycles. The van der Waals surface area contributed by atoms with Gasteiger partial charge in [-0.05, 0) is 18.4 Å². The van der Waals surface area contributed by atoms with Gasteiger partial charge in [0, 0.05) is 0 Å². The summed E-state index contributed by atoms with van der Waals surface area (Å²) in [5.74, 6) is 0.395. The van der Waals surface area contributed by atoms with Crippen molar-refractivity contribution in [3.8, 4) is 17.6 Å². The van der Waals surface area contributed by atoms with Gasteiger partial charge in [0.05, 0.1) is 11.3 Å². The Balaban J connectivity index is 2.43. The van der Waals surface area contributed by atoms with Gasteiger partial charge in [0.25, 0.3) is 0 Å². The van der Waals surface area contributed by atoms with Crippen LogP contribution >= 0.6 is 11.8 Å². The third-order valence-electron chi connectivity index (χ3n) is 2.07. The lowest BCUT2D eigenvalue weighted by molar-refractivity contribution is 0.569. The van der Waals surface area contributed by atoms with Gasteiger partial charge >= 0.3 is 0 Å². The predicted molar refractivity (Wildman–Crippen MR) is 69.1 cm³/mol. The maximum Gasteiger partial charge on any atom is 0.249 e. The fourth-order valence-corrected chi connectivity index (χ4v) is 1.66. The number of amidine groups is 1. The number of hydrogen-bond acceptors (Lipinski definition) is 6. The summed E-state index contributed by atoms with van der Waals surface area (Å²) in [7, 11) is 0. The number of para-hydroxylation sites is 1. The molecule has 1 aromatic heterocycles. The highest BCUT2D eigenvalue weighted by molar-refractivity contribution is 8.13. The Labute approximate surface area is 108 Å². The molecule has 0 unspecified atom stereocenters. The molecule has 2 aromatic rings. The molecule has 0 atom stereocenters. The van der Waals surface area contributed by atoms with Crippen LogP contribution in [0.3, 0.4) is 0 Å². The van der Waals surface area contributed by atoms with E-state index in [9.17, 15) is 0 Å². The molecule has 6 nitrogen and oxygen atoms in total. The maximum atomic E-state index is 8.60. The van der Waals surface area contributed by atoms with Crippen LogP contribution in [0.5, 0.6) is 0 Å². The quantitative estimate of drug-likeness (QED) is 0.385. The van der Waals surface area contributed by atoms with E-state index in [4.69, 9.17) is 9.68 Å². The molecular formula is C11H9N5OS. The Morgan fingerprint density at radius 1 is 1.50 bits per heavy atom. The van der Waals surface area contributed by atoms with Gasteiger partial charge < -0.3 is 4.42 Å². The van der Waals surface area contributed by atoms with Crippen LogP contribution in [0.4, 0.5) is 5.69 Å². The molecule has 2 rings (SSSR count). The third-order valence-corrected chi connectivity index (χ3v) is 2.65. The molecule has 0 bridgehead atoms. The summed E-state index contributed by atoms with van der Waals surface area (Å²) in [4.78, 5) is 4.34. The van der Waals surface area contributed by atoms with Gasteiger partial charge in [0.1, 0.15) is 0 Å². The van der Waals surface area contributed by atoms with Crippen molar-refractivity contribution in [3.05, 3.63) is 30.7 Å². The van der Waals surface area contributed by atoms with E-state index >= 15 is 0 Å². The average Bonchev–Trinajstić information content (AvgIpc) is 2.92. The highest BCUT2D eigenvalue weighted by Gasteiger charge is 2.09. The van der Waals surface area contributed by atoms with E-state index < -0.39 is 0 Å². The molecule has 90 valence electrons. The minimum atomic E-state index is 0.395. The van der Waals surface area contributed by atoms with Crippen molar-refractivity contribution in [2.45, 2.75) is 0 Å². The van der Waals surface area contributed by atoms with Crippen LogP contribution in [0.15, 0.2) is 40.1 Å². The van der Waals surface area contributed by atoms with Gasteiger partial charge in [0.15, 0.2) is 11.4 Å². The first-order chi connectivity index (χ1) is 8.85. The molecular weight excluding hydrogens is 250 g/mol. The molecule has 0 aliphatic heterocycles. The molecule has 0 aliphatic rings. The molecule has 1 heterocycles. The van der Waals surface area contributed by atoms with Crippen LogP contribution in [0.25, 0.3) is 11.5 Å². The van der Waals surface area contributed by atoms with E-state index in [-0.39, 0.29) is 0 Å². The molecule has 0 amide bonds. The monoisotopic (exact) mass is 259 g/mol. The smallest absolute Gasteiger partial charge is 0.249 e. The maximum absolute atomic E-state index is 8.60. The van der Waals surface area contributed by atoms with Crippen LogP contribution in [0.1, 0.15) is 0 Å². The zero-order valence-corrected chi connectivity index (χ0v) is 10.3. The molecule has 7 heteroatoms. The normalized spacial score (nSPS) is 11.0. The second kappa shape index (κ2) is 5.84. The van der Waals surface area contributed by atoms with E-state index in [1.54, 1.807) is 0 Å². The highest BCUT2D eigenvalue weighted by atomic mass is 32.2. The SMILES string of the molecule is CSC(=Nc1ccccc1-c1nnco1)NC#N. The topological polar surface area (TPSA) is 87.1 Å². The zero-order chi connectivity index (χ0) is 12.8. The summed E-state index contributed by atoms with van der Waals surface area (Å²) in [6.07, 6.45) is 4.93. The molecule has 0 saturated heterocycles. The van der Waals surface area contributed by atoms with Gasteiger partial charge in [0.2, 0.25) is 12.3 Å². The van der Waals surface area contributed by atoms with Crippen molar-refractivity contribution in [2.75, 3.05) is 6.26 Å². The summed E-state index contributed by atoms with van der Waals surface area (Å²) < 4.78 is 5.15. The zero-order valence-electron chi connectivity index (χ0n) is 9.49. The van der Waals surface area contributed by atoms with Gasteiger partial charge in [-0.25, -0.2) is 4.99 Å². The highest BCUT2D eigenvalue weighted by Crippen LogP contribution is 2.28. The van der Waals surface area contributed by atoms with Crippen molar-refractivity contribution in [3.63, 3.8) is 0 Å². The fraction of sp³-hybridized carbons (Fsp3) is 0.0909. The first-order valence-corrected chi connectivity index (χ1v) is 6.21. The van der Waals surface area contributed by atoms with Gasteiger partial charge in [-0.15, -0.1) is 10.2 Å².